The Morgan fingerprint density at radius 2 is 1.94 bits per heavy atom. The molecule has 0 spiro atoms. The van der Waals surface area contributed by atoms with Crippen LogP contribution in [0.4, 0.5) is 5.69 Å². The Morgan fingerprint density at radius 3 is 2.59 bits per heavy atom. The van der Waals surface area contributed by atoms with Gasteiger partial charge in [0.25, 0.3) is 0 Å². The van der Waals surface area contributed by atoms with Gasteiger partial charge in [-0.1, -0.05) is 22.8 Å². The van der Waals surface area contributed by atoms with Gasteiger partial charge in [0, 0.05) is 27.8 Å². The second-order valence-electron chi connectivity index (χ2n) is 3.60. The predicted octanol–water partition coefficient (Wildman–Crippen LogP) is 3.77. The van der Waals surface area contributed by atoms with Crippen molar-refractivity contribution in [3.8, 4) is 11.1 Å². The summed E-state index contributed by atoms with van der Waals surface area (Å²) in [6, 6.07) is 9.10. The fraction of sp³-hybridized carbons (Fsp3) is 0.0833. The smallest absolute Gasteiger partial charge is 0.169 e. The number of aryl methyl sites for hydroxylation is 1. The van der Waals surface area contributed by atoms with E-state index in [1.807, 2.05) is 36.1 Å². The van der Waals surface area contributed by atoms with Gasteiger partial charge >= 0.3 is 0 Å². The predicted molar refractivity (Wildman–Crippen MR) is 66.9 cm³/mol. The summed E-state index contributed by atoms with van der Waals surface area (Å²) in [4.78, 5) is 2.82. The molecule has 0 saturated carbocycles. The van der Waals surface area contributed by atoms with E-state index < -0.39 is 0 Å². The second-order valence-corrected chi connectivity index (χ2v) is 4.04. The van der Waals surface area contributed by atoms with Crippen molar-refractivity contribution in [1.29, 1.82) is 0 Å². The van der Waals surface area contributed by atoms with E-state index >= 15 is 0 Å². The Hall–Kier alpha value is -2.03. The van der Waals surface area contributed by atoms with Crippen molar-refractivity contribution < 1.29 is 4.57 Å². The van der Waals surface area contributed by atoms with Crippen LogP contribution in [0, 0.1) is 0 Å². The fourth-order valence-corrected chi connectivity index (χ4v) is 1.73. The monoisotopic (exact) mass is 245 g/mol. The number of hydrogen-bond acceptors (Lipinski definition) is 1. The molecule has 1 aromatic carbocycles. The minimum atomic E-state index is 0.575. The van der Waals surface area contributed by atoms with Crippen LogP contribution in [0.1, 0.15) is 0 Å². The number of azide groups is 1. The van der Waals surface area contributed by atoms with Gasteiger partial charge in [-0.3, -0.25) is 0 Å². The van der Waals surface area contributed by atoms with Gasteiger partial charge in [-0.2, -0.15) is 0 Å². The molecule has 1 heterocycles. The molecule has 0 saturated heterocycles. The number of aromatic nitrogens is 1. The SMILES string of the molecule is C[n+]1ccc(-c2cc(Cl)ccc2N=[N+]=[N-])cc1. The zero-order valence-corrected chi connectivity index (χ0v) is 9.96. The van der Waals surface area contributed by atoms with Crippen LogP contribution in [-0.2, 0) is 7.05 Å². The van der Waals surface area contributed by atoms with E-state index in [9.17, 15) is 0 Å². The highest BCUT2D eigenvalue weighted by Gasteiger charge is 2.06. The highest BCUT2D eigenvalue weighted by Crippen LogP contribution is 2.32. The van der Waals surface area contributed by atoms with Gasteiger partial charge in [-0.25, -0.2) is 4.57 Å². The molecule has 0 fully saturated rings. The average molecular weight is 246 g/mol. The third-order valence-electron chi connectivity index (χ3n) is 2.40. The molecule has 0 aliphatic heterocycles. The quantitative estimate of drug-likeness (QED) is 0.335. The standard InChI is InChI=1S/C12H10ClN4/c1-17-6-4-9(5-7-17)11-8-10(13)2-3-12(11)15-16-14/h2-8H,1H3/q+1. The number of rotatable bonds is 2. The molecule has 2 rings (SSSR count). The zero-order chi connectivity index (χ0) is 12.3. The highest BCUT2D eigenvalue weighted by atomic mass is 35.5. The number of hydrogen-bond donors (Lipinski definition) is 0. The van der Waals surface area contributed by atoms with Gasteiger partial charge in [0.1, 0.15) is 7.05 Å². The number of nitrogens with zero attached hydrogens (tertiary/aromatic N) is 4. The van der Waals surface area contributed by atoms with E-state index in [4.69, 9.17) is 17.1 Å². The highest BCUT2D eigenvalue weighted by molar-refractivity contribution is 6.31. The zero-order valence-electron chi connectivity index (χ0n) is 9.21. The largest absolute Gasteiger partial charge is 0.208 e. The van der Waals surface area contributed by atoms with Crippen LogP contribution in [0.5, 0.6) is 0 Å². The first-order chi connectivity index (χ1) is 8.20. The first-order valence-corrected chi connectivity index (χ1v) is 5.39. The van der Waals surface area contributed by atoms with Crippen molar-refractivity contribution in [1.82, 2.24) is 0 Å². The molecule has 84 valence electrons. The first-order valence-electron chi connectivity index (χ1n) is 5.01. The Bertz CT molecular complexity index is 586. The molecule has 5 heteroatoms. The van der Waals surface area contributed by atoms with Crippen molar-refractivity contribution in [2.75, 3.05) is 0 Å². The molecule has 0 aliphatic rings. The van der Waals surface area contributed by atoms with E-state index in [-0.39, 0.29) is 0 Å². The van der Waals surface area contributed by atoms with Gasteiger partial charge in [-0.15, -0.1) is 0 Å². The van der Waals surface area contributed by atoms with Crippen molar-refractivity contribution in [2.45, 2.75) is 0 Å². The Balaban J connectivity index is 2.60. The molecule has 17 heavy (non-hydrogen) atoms. The molecule has 0 unspecified atom stereocenters. The van der Waals surface area contributed by atoms with Gasteiger partial charge in [0.15, 0.2) is 12.4 Å². The maximum Gasteiger partial charge on any atom is 0.169 e. The van der Waals surface area contributed by atoms with E-state index in [1.54, 1.807) is 18.2 Å². The summed E-state index contributed by atoms with van der Waals surface area (Å²) >= 11 is 5.96. The minimum absolute atomic E-state index is 0.575. The number of pyridine rings is 1. The molecule has 2 aromatic rings. The Labute approximate surface area is 104 Å². The summed E-state index contributed by atoms with van der Waals surface area (Å²) in [7, 11) is 1.94. The van der Waals surface area contributed by atoms with Crippen LogP contribution >= 0.6 is 11.6 Å². The average Bonchev–Trinajstić information content (AvgIpc) is 2.33. The lowest BCUT2D eigenvalue weighted by Gasteiger charge is -2.05. The topological polar surface area (TPSA) is 52.6 Å². The third kappa shape index (κ3) is 2.56. The Kier molecular flexibility index (Phi) is 3.28. The maximum atomic E-state index is 8.53. The molecule has 0 aliphatic carbocycles. The van der Waals surface area contributed by atoms with Crippen LogP contribution in [-0.4, -0.2) is 0 Å². The van der Waals surface area contributed by atoms with Crippen molar-refractivity contribution in [3.63, 3.8) is 0 Å². The third-order valence-corrected chi connectivity index (χ3v) is 2.64. The molecule has 0 amide bonds. The molecule has 4 nitrogen and oxygen atoms in total. The van der Waals surface area contributed by atoms with Gasteiger partial charge in [0.05, 0.1) is 0 Å². The lowest BCUT2D eigenvalue weighted by Crippen LogP contribution is -2.25. The van der Waals surface area contributed by atoms with Gasteiger partial charge in [0.2, 0.25) is 0 Å². The summed E-state index contributed by atoms with van der Waals surface area (Å²) in [6.07, 6.45) is 3.85. The van der Waals surface area contributed by atoms with Crippen LogP contribution in [0.25, 0.3) is 21.6 Å². The van der Waals surface area contributed by atoms with Crippen molar-refractivity contribution in [3.05, 3.63) is 58.2 Å². The van der Waals surface area contributed by atoms with Crippen LogP contribution in [0.3, 0.4) is 0 Å². The normalized spacial score (nSPS) is 9.76. The van der Waals surface area contributed by atoms with Gasteiger partial charge < -0.3 is 0 Å². The number of benzene rings is 1. The lowest BCUT2D eigenvalue weighted by molar-refractivity contribution is -0.671. The van der Waals surface area contributed by atoms with E-state index in [1.165, 1.54) is 0 Å². The second kappa shape index (κ2) is 4.87. The first kappa shape index (κ1) is 11.5. The molecule has 0 radical (unpaired) electrons. The Morgan fingerprint density at radius 1 is 1.24 bits per heavy atom. The summed E-state index contributed by atoms with van der Waals surface area (Å²) in [5.74, 6) is 0. The van der Waals surface area contributed by atoms with Crippen molar-refractivity contribution >= 4 is 17.3 Å². The summed E-state index contributed by atoms with van der Waals surface area (Å²) in [6.45, 7) is 0. The summed E-state index contributed by atoms with van der Waals surface area (Å²) in [5.41, 5.74) is 10.9. The van der Waals surface area contributed by atoms with Crippen LogP contribution in [0.15, 0.2) is 47.8 Å². The molecule has 0 N–H and O–H groups in total. The number of halogens is 1. The molecular formula is C12H10ClN4+. The molecule has 0 bridgehead atoms. The van der Waals surface area contributed by atoms with Crippen LogP contribution in [0.2, 0.25) is 5.02 Å². The summed E-state index contributed by atoms with van der Waals surface area (Å²) < 4.78 is 1.93. The maximum absolute atomic E-state index is 8.53. The molecular weight excluding hydrogens is 236 g/mol. The van der Waals surface area contributed by atoms with E-state index in [2.05, 4.69) is 10.0 Å². The minimum Gasteiger partial charge on any atom is -0.208 e. The summed E-state index contributed by atoms with van der Waals surface area (Å²) in [5, 5.41) is 4.28. The van der Waals surface area contributed by atoms with E-state index in [0.717, 1.165) is 11.1 Å². The van der Waals surface area contributed by atoms with Crippen molar-refractivity contribution in [2.24, 2.45) is 12.2 Å². The van der Waals surface area contributed by atoms with E-state index in [0.29, 0.717) is 10.7 Å². The fourth-order valence-electron chi connectivity index (χ4n) is 1.56. The van der Waals surface area contributed by atoms with Gasteiger partial charge in [-0.05, 0) is 28.8 Å². The lowest BCUT2D eigenvalue weighted by atomic mass is 10.1. The molecule has 0 atom stereocenters. The van der Waals surface area contributed by atoms with Crippen LogP contribution < -0.4 is 4.57 Å². The molecule has 1 aromatic heterocycles.